The summed E-state index contributed by atoms with van der Waals surface area (Å²) in [7, 11) is -1.22. The first-order valence-electron chi connectivity index (χ1n) is 12.9. The van der Waals surface area contributed by atoms with Crippen LogP contribution in [0.4, 0.5) is 11.5 Å². The third-order valence-electron chi connectivity index (χ3n) is 6.76. The monoisotopic (exact) mass is 542 g/mol. The zero-order valence-corrected chi connectivity index (χ0v) is 22.8. The van der Waals surface area contributed by atoms with Crippen molar-refractivity contribution in [3.05, 3.63) is 145 Å². The minimum absolute atomic E-state index is 0.421. The molecule has 0 unspecified atom stereocenters. The summed E-state index contributed by atoms with van der Waals surface area (Å²) >= 11 is 0. The molecule has 1 N–H and O–H groups in total. The summed E-state index contributed by atoms with van der Waals surface area (Å²) < 4.78 is 5.05. The third-order valence-corrected chi connectivity index (χ3v) is 10.3. The number of hydrogen-bond acceptors (Lipinski definition) is 5. The largest absolute Gasteiger partial charge is 0.465 e. The number of nitrogens with one attached hydrogen (secondary N) is 1. The Morgan fingerprint density at radius 1 is 0.700 bits per heavy atom. The van der Waals surface area contributed by atoms with E-state index in [1.807, 2.05) is 60.7 Å². The van der Waals surface area contributed by atoms with Crippen molar-refractivity contribution in [3.63, 3.8) is 0 Å². The van der Waals surface area contributed by atoms with Gasteiger partial charge in [0.1, 0.15) is 0 Å². The second kappa shape index (κ2) is 11.0. The lowest BCUT2D eigenvalue weighted by Gasteiger charge is -2.26. The molecule has 0 aliphatic rings. The van der Waals surface area contributed by atoms with E-state index < -0.39 is 13.0 Å². The number of fused-ring (bicyclic) bond motifs is 1. The molecule has 6 rings (SSSR count). The van der Waals surface area contributed by atoms with Gasteiger partial charge in [0.05, 0.1) is 30.9 Å². The first-order valence-corrected chi connectivity index (χ1v) is 14.7. The maximum Gasteiger partial charge on any atom is 0.339 e. The molecule has 0 aliphatic carbocycles. The van der Waals surface area contributed by atoms with Crippen LogP contribution in [-0.4, -0.2) is 23.0 Å². The summed E-state index contributed by atoms with van der Waals surface area (Å²) in [5.41, 5.74) is 1.83. The van der Waals surface area contributed by atoms with Crippen molar-refractivity contribution in [2.24, 2.45) is 4.85 Å². The number of para-hydroxylation sites is 1. The van der Waals surface area contributed by atoms with E-state index in [4.69, 9.17) is 14.7 Å². The second-order valence-corrected chi connectivity index (χ2v) is 12.1. The summed E-state index contributed by atoms with van der Waals surface area (Å²) in [6.07, 6.45) is 0. The molecule has 0 amide bonds. The van der Waals surface area contributed by atoms with Gasteiger partial charge in [-0.25, -0.2) is 4.79 Å². The van der Waals surface area contributed by atoms with Crippen LogP contribution in [0, 0.1) is 0 Å². The molecule has 6 nitrogen and oxygen atoms in total. The molecule has 0 radical (unpaired) electrons. The molecule has 0 spiro atoms. The van der Waals surface area contributed by atoms with Crippen LogP contribution in [0.25, 0.3) is 10.9 Å². The van der Waals surface area contributed by atoms with Gasteiger partial charge >= 0.3 is 5.97 Å². The highest BCUT2D eigenvalue weighted by Gasteiger charge is 2.29. The van der Waals surface area contributed by atoms with Crippen LogP contribution in [0.15, 0.2) is 144 Å². The van der Waals surface area contributed by atoms with Gasteiger partial charge in [-0.3, -0.25) is 0 Å². The van der Waals surface area contributed by atoms with Crippen molar-refractivity contribution < 1.29 is 9.53 Å². The van der Waals surface area contributed by atoms with Gasteiger partial charge in [-0.05, 0) is 24.3 Å². The van der Waals surface area contributed by atoms with E-state index in [1.54, 1.807) is 10.9 Å². The minimum Gasteiger partial charge on any atom is -0.465 e. The summed E-state index contributed by atoms with van der Waals surface area (Å²) in [4.78, 5) is 19.9. The highest BCUT2D eigenvalue weighted by molar-refractivity contribution is 7.87. The molecule has 7 heteroatoms. The van der Waals surface area contributed by atoms with Gasteiger partial charge in [0.25, 0.3) is 0 Å². The van der Waals surface area contributed by atoms with Gasteiger partial charge in [0.15, 0.2) is 5.82 Å². The molecule has 0 aliphatic heterocycles. The maximum absolute atomic E-state index is 12.6. The predicted octanol–water partition coefficient (Wildman–Crippen LogP) is 6.51. The Morgan fingerprint density at radius 3 is 1.77 bits per heavy atom. The molecule has 0 saturated heterocycles. The lowest BCUT2D eigenvalue weighted by atomic mass is 10.1. The number of methoxy groups -OCH3 is 1. The summed E-state index contributed by atoms with van der Waals surface area (Å²) in [5, 5.41) is 12.6. The highest BCUT2D eigenvalue weighted by Crippen LogP contribution is 2.47. The Hall–Kier alpha value is -4.93. The SMILES string of the molecule is COC(=O)c1ccccc1Nc1c2ccccc2nn1N=P(c1ccccc1)(c1ccccc1)c1ccccc1. The van der Waals surface area contributed by atoms with Crippen molar-refractivity contribution in [2.45, 2.75) is 0 Å². The van der Waals surface area contributed by atoms with Gasteiger partial charge < -0.3 is 10.1 Å². The zero-order valence-electron chi connectivity index (χ0n) is 21.9. The molecule has 196 valence electrons. The van der Waals surface area contributed by atoms with E-state index in [1.165, 1.54) is 7.11 Å². The smallest absolute Gasteiger partial charge is 0.339 e. The number of aromatic nitrogens is 2. The van der Waals surface area contributed by atoms with E-state index in [0.717, 1.165) is 26.8 Å². The number of rotatable bonds is 7. The summed E-state index contributed by atoms with van der Waals surface area (Å²) in [5.74, 6) is 0.245. The van der Waals surface area contributed by atoms with Crippen LogP contribution in [-0.2, 0) is 4.74 Å². The van der Waals surface area contributed by atoms with Crippen LogP contribution < -0.4 is 21.2 Å². The second-order valence-electron chi connectivity index (χ2n) is 9.15. The third kappa shape index (κ3) is 4.59. The fourth-order valence-corrected chi connectivity index (χ4v) is 8.27. The first kappa shape index (κ1) is 25.4. The topological polar surface area (TPSA) is 68.5 Å². The van der Waals surface area contributed by atoms with Crippen LogP contribution in [0.3, 0.4) is 0 Å². The molecule has 0 fully saturated rings. The fraction of sp³-hybridized carbons (Fsp3) is 0.0303. The molecular formula is C33H27N4O2P. The lowest BCUT2D eigenvalue weighted by Crippen LogP contribution is -2.26. The van der Waals surface area contributed by atoms with Crippen LogP contribution in [0.5, 0.6) is 0 Å². The molecule has 6 aromatic rings. The van der Waals surface area contributed by atoms with E-state index in [0.29, 0.717) is 17.1 Å². The van der Waals surface area contributed by atoms with E-state index in [-0.39, 0.29) is 0 Å². The van der Waals surface area contributed by atoms with Gasteiger partial charge in [0.2, 0.25) is 0 Å². The Balaban J connectivity index is 1.69. The summed E-state index contributed by atoms with van der Waals surface area (Å²) in [6.45, 7) is 0. The van der Waals surface area contributed by atoms with Crippen LogP contribution >= 0.6 is 7.05 Å². The molecule has 40 heavy (non-hydrogen) atoms. The van der Waals surface area contributed by atoms with Gasteiger partial charge in [0, 0.05) is 21.3 Å². The normalized spacial score (nSPS) is 11.2. The Labute approximate surface area is 232 Å². The molecule has 5 aromatic carbocycles. The number of benzene rings is 5. The number of carbonyl (C=O) groups excluding carboxylic acids is 1. The Bertz CT molecular complexity index is 1730. The number of hydrogen-bond donors (Lipinski definition) is 1. The first-order chi connectivity index (χ1) is 19.7. The van der Waals surface area contributed by atoms with E-state index in [2.05, 4.69) is 78.1 Å². The van der Waals surface area contributed by atoms with Crippen LogP contribution in [0.1, 0.15) is 10.4 Å². The Morgan fingerprint density at radius 2 is 1.20 bits per heavy atom. The average Bonchev–Trinajstić information content (AvgIpc) is 3.37. The zero-order chi connectivity index (χ0) is 27.4. The maximum atomic E-state index is 12.6. The van der Waals surface area contributed by atoms with Gasteiger partial charge in [-0.1, -0.05) is 115 Å². The number of esters is 1. The molecule has 0 atom stereocenters. The molecule has 0 saturated carbocycles. The van der Waals surface area contributed by atoms with Crippen molar-refractivity contribution in [1.82, 2.24) is 9.89 Å². The van der Waals surface area contributed by atoms with Crippen molar-refractivity contribution in [1.29, 1.82) is 0 Å². The Kier molecular flexibility index (Phi) is 7.00. The summed E-state index contributed by atoms with van der Waals surface area (Å²) in [6, 6.07) is 46.4. The lowest BCUT2D eigenvalue weighted by molar-refractivity contribution is 0.0602. The number of carbonyl (C=O) groups is 1. The molecular weight excluding hydrogens is 515 g/mol. The molecule has 0 bridgehead atoms. The standard InChI is InChI=1S/C33H27N4O2P/c1-39-33(38)29-22-12-13-23-30(29)34-32-28-21-11-14-24-31(28)35-37(32)36-40(25-15-5-2-6-16-25,26-17-7-3-8-18-26)27-19-9-4-10-20-27/h2-24,34H,1H3. The highest BCUT2D eigenvalue weighted by atomic mass is 31.2. The fourth-order valence-electron chi connectivity index (χ4n) is 4.87. The van der Waals surface area contributed by atoms with E-state index >= 15 is 0 Å². The van der Waals surface area contributed by atoms with Crippen molar-refractivity contribution >= 4 is 51.3 Å². The molecule has 1 heterocycles. The number of nitrogens with zero attached hydrogens (tertiary/aromatic N) is 3. The number of anilines is 2. The minimum atomic E-state index is -2.60. The van der Waals surface area contributed by atoms with Crippen LogP contribution in [0.2, 0.25) is 0 Å². The van der Waals surface area contributed by atoms with Gasteiger partial charge in [-0.2, -0.15) is 4.85 Å². The molecule has 1 aromatic heterocycles. The van der Waals surface area contributed by atoms with E-state index in [9.17, 15) is 4.79 Å². The average molecular weight is 543 g/mol. The quantitative estimate of drug-likeness (QED) is 0.185. The van der Waals surface area contributed by atoms with Crippen molar-refractivity contribution in [3.8, 4) is 0 Å². The van der Waals surface area contributed by atoms with Crippen molar-refractivity contribution in [2.75, 3.05) is 12.4 Å². The predicted molar refractivity (Wildman–Crippen MR) is 164 cm³/mol. The number of ether oxygens (including phenoxy) is 1. The van der Waals surface area contributed by atoms with Gasteiger partial charge in [-0.15, -0.1) is 9.89 Å².